The number of ether oxygens (including phenoxy) is 1. The second-order valence-corrected chi connectivity index (χ2v) is 7.21. The average Bonchev–Trinajstić information content (AvgIpc) is 3.23. The summed E-state index contributed by atoms with van der Waals surface area (Å²) in [7, 11) is 1.43. The number of furan rings is 1. The highest BCUT2D eigenvalue weighted by molar-refractivity contribution is 5.95. The fourth-order valence-corrected chi connectivity index (χ4v) is 3.18. The first-order chi connectivity index (χ1) is 14.6. The first-order valence-electron chi connectivity index (χ1n) is 10.1. The molecule has 160 valence electrons. The van der Waals surface area contributed by atoms with E-state index in [0.717, 1.165) is 36.9 Å². The Bertz CT molecular complexity index is 949. The van der Waals surface area contributed by atoms with Gasteiger partial charge in [0.15, 0.2) is 11.3 Å². The Hall–Kier alpha value is -3.35. The average molecular weight is 412 g/mol. The lowest BCUT2D eigenvalue weighted by Gasteiger charge is -2.24. The van der Waals surface area contributed by atoms with Gasteiger partial charge in [-0.3, -0.25) is 9.78 Å². The van der Waals surface area contributed by atoms with Gasteiger partial charge in [-0.25, -0.2) is 4.79 Å². The Balaban J connectivity index is 0.000000264. The highest BCUT2D eigenvalue weighted by Gasteiger charge is 2.15. The van der Waals surface area contributed by atoms with Crippen molar-refractivity contribution in [3.63, 3.8) is 0 Å². The lowest BCUT2D eigenvalue weighted by Crippen LogP contribution is -2.35. The summed E-state index contributed by atoms with van der Waals surface area (Å²) < 4.78 is 10.0. The third-order valence-electron chi connectivity index (χ3n) is 4.91. The van der Waals surface area contributed by atoms with Crippen LogP contribution in [0, 0.1) is 6.92 Å². The van der Waals surface area contributed by atoms with Gasteiger partial charge in [-0.05, 0) is 43.9 Å². The second-order valence-electron chi connectivity index (χ2n) is 7.21. The van der Waals surface area contributed by atoms with Crippen LogP contribution in [0.25, 0.3) is 11.0 Å². The maximum atomic E-state index is 12.0. The normalized spacial score (nSPS) is 13.3. The van der Waals surface area contributed by atoms with Gasteiger partial charge in [0.2, 0.25) is 0 Å². The van der Waals surface area contributed by atoms with Crippen molar-refractivity contribution in [2.24, 2.45) is 0 Å². The number of carbonyl (C=O) groups is 2. The van der Waals surface area contributed by atoms with Gasteiger partial charge in [0.25, 0.3) is 5.91 Å². The molecule has 7 nitrogen and oxygen atoms in total. The minimum atomic E-state index is -0.221. The van der Waals surface area contributed by atoms with E-state index in [2.05, 4.69) is 15.0 Å². The van der Waals surface area contributed by atoms with Crippen LogP contribution in [-0.2, 0) is 11.3 Å². The minimum Gasteiger partial charge on any atom is -0.453 e. The van der Waals surface area contributed by atoms with Crippen LogP contribution < -0.4 is 5.32 Å². The Kier molecular flexibility index (Phi) is 7.43. The molecule has 2 amide bonds. The number of carbonyl (C=O) groups excluding carboxylic acids is 2. The summed E-state index contributed by atoms with van der Waals surface area (Å²) in [5.74, 6) is 0.0851. The number of hydrogen-bond acceptors (Lipinski definition) is 5. The maximum Gasteiger partial charge on any atom is 0.409 e. The molecule has 1 aromatic carbocycles. The molecule has 1 N–H and O–H groups in total. The summed E-state index contributed by atoms with van der Waals surface area (Å²) in [6.07, 6.45) is 6.58. The molecule has 7 heteroatoms. The molecule has 1 aliphatic heterocycles. The molecule has 0 saturated carbocycles. The van der Waals surface area contributed by atoms with E-state index in [1.165, 1.54) is 19.1 Å². The zero-order valence-electron chi connectivity index (χ0n) is 17.4. The Morgan fingerprint density at radius 1 is 1.17 bits per heavy atom. The number of aryl methyl sites for hydroxylation is 1. The number of aromatic nitrogens is 1. The van der Waals surface area contributed by atoms with Crippen molar-refractivity contribution < 1.29 is 20.2 Å². The molecule has 0 bridgehead atoms. The highest BCUT2D eigenvalue weighted by atomic mass is 16.5. The van der Waals surface area contributed by atoms with Crippen LogP contribution in [0.1, 0.15) is 42.4 Å². The van der Waals surface area contributed by atoms with Gasteiger partial charge >= 0.3 is 6.09 Å². The molecule has 0 unspecified atom stereocenters. The number of likely N-dealkylation sites (tertiary alicyclic amines) is 1. The number of hydrogen-bond donors (Lipinski definition) is 1. The summed E-state index contributed by atoms with van der Waals surface area (Å²) in [6, 6.07) is 11.6. The van der Waals surface area contributed by atoms with E-state index in [-0.39, 0.29) is 13.4 Å². The smallest absolute Gasteiger partial charge is 0.409 e. The van der Waals surface area contributed by atoms with Gasteiger partial charge in [-0.1, -0.05) is 29.8 Å². The molecule has 1 saturated heterocycles. The van der Waals surface area contributed by atoms with Gasteiger partial charge in [-0.2, -0.15) is 0 Å². The summed E-state index contributed by atoms with van der Waals surface area (Å²) >= 11 is 0. The van der Waals surface area contributed by atoms with E-state index >= 15 is 0 Å². The predicted molar refractivity (Wildman–Crippen MR) is 116 cm³/mol. The number of pyridine rings is 1. The molecule has 0 aliphatic carbocycles. The van der Waals surface area contributed by atoms with Crippen molar-refractivity contribution in [3.8, 4) is 0 Å². The summed E-state index contributed by atoms with van der Waals surface area (Å²) in [5.41, 5.74) is 2.87. The SMILES string of the molecule is COC(=O)N1CCCCC1.Cc1ccc(CNC(=O)c2cc3ccncc3o2)cc1.[HH]. The van der Waals surface area contributed by atoms with Crippen molar-refractivity contribution in [2.75, 3.05) is 20.2 Å². The molecule has 0 spiro atoms. The van der Waals surface area contributed by atoms with Crippen LogP contribution in [0.4, 0.5) is 4.79 Å². The van der Waals surface area contributed by atoms with Crippen molar-refractivity contribution in [1.29, 1.82) is 0 Å². The molecule has 0 atom stereocenters. The van der Waals surface area contributed by atoms with E-state index in [0.29, 0.717) is 17.9 Å². The number of nitrogens with one attached hydrogen (secondary N) is 1. The van der Waals surface area contributed by atoms with Crippen LogP contribution in [0.15, 0.2) is 53.2 Å². The highest BCUT2D eigenvalue weighted by Crippen LogP contribution is 2.17. The largest absolute Gasteiger partial charge is 0.453 e. The van der Waals surface area contributed by atoms with Crippen LogP contribution in [0.3, 0.4) is 0 Å². The number of fused-ring (bicyclic) bond motifs is 1. The molecule has 3 aromatic rings. The number of amides is 2. The zero-order chi connectivity index (χ0) is 21.3. The minimum absolute atomic E-state index is 0. The van der Waals surface area contributed by atoms with Gasteiger partial charge in [0, 0.05) is 32.6 Å². The molecule has 0 radical (unpaired) electrons. The van der Waals surface area contributed by atoms with Gasteiger partial charge in [0.1, 0.15) is 0 Å². The van der Waals surface area contributed by atoms with Crippen molar-refractivity contribution in [1.82, 2.24) is 15.2 Å². The Morgan fingerprint density at radius 2 is 1.90 bits per heavy atom. The van der Waals surface area contributed by atoms with Crippen molar-refractivity contribution >= 4 is 23.0 Å². The molecule has 1 fully saturated rings. The van der Waals surface area contributed by atoms with Crippen LogP contribution >= 0.6 is 0 Å². The van der Waals surface area contributed by atoms with E-state index in [9.17, 15) is 9.59 Å². The van der Waals surface area contributed by atoms with E-state index in [1.54, 1.807) is 23.4 Å². The fraction of sp³-hybridized carbons (Fsp3) is 0.348. The molecular weight excluding hydrogens is 382 g/mol. The van der Waals surface area contributed by atoms with Crippen LogP contribution in [0.2, 0.25) is 0 Å². The second kappa shape index (κ2) is 10.4. The van der Waals surface area contributed by atoms with Crippen LogP contribution in [-0.4, -0.2) is 42.1 Å². The Labute approximate surface area is 177 Å². The molecule has 3 heterocycles. The molecular formula is C23H29N3O4. The van der Waals surface area contributed by atoms with Crippen molar-refractivity contribution in [3.05, 3.63) is 65.7 Å². The third kappa shape index (κ3) is 5.83. The Morgan fingerprint density at radius 3 is 2.57 bits per heavy atom. The van der Waals surface area contributed by atoms with Gasteiger partial charge < -0.3 is 19.4 Å². The third-order valence-corrected chi connectivity index (χ3v) is 4.91. The number of methoxy groups -OCH3 is 1. The van der Waals surface area contributed by atoms with E-state index in [1.807, 2.05) is 37.3 Å². The topological polar surface area (TPSA) is 84.7 Å². The maximum absolute atomic E-state index is 12.0. The molecule has 4 rings (SSSR count). The summed E-state index contributed by atoms with van der Waals surface area (Å²) in [4.78, 5) is 28.6. The summed E-state index contributed by atoms with van der Waals surface area (Å²) in [6.45, 7) is 4.25. The lowest BCUT2D eigenvalue weighted by atomic mass is 10.1. The summed E-state index contributed by atoms with van der Waals surface area (Å²) in [5, 5.41) is 3.72. The van der Waals surface area contributed by atoms with E-state index in [4.69, 9.17) is 4.42 Å². The first-order valence-corrected chi connectivity index (χ1v) is 10.1. The van der Waals surface area contributed by atoms with Crippen LogP contribution in [0.5, 0.6) is 0 Å². The van der Waals surface area contributed by atoms with E-state index < -0.39 is 0 Å². The predicted octanol–water partition coefficient (Wildman–Crippen LogP) is 4.55. The van der Waals surface area contributed by atoms with Gasteiger partial charge in [0.05, 0.1) is 13.3 Å². The fourth-order valence-electron chi connectivity index (χ4n) is 3.18. The number of benzene rings is 1. The standard InChI is InChI=1S/C16H14N2O2.C7H13NO2.H2/c1-11-2-4-12(5-3-11)9-18-16(19)14-8-13-6-7-17-10-15(13)20-14;1-10-7(9)8-5-3-2-4-6-8;/h2-8,10H,9H2,1H3,(H,18,19);2-6H2,1H3;1H. The quantitative estimate of drug-likeness (QED) is 0.683. The molecule has 2 aromatic heterocycles. The number of nitrogens with zero attached hydrogens (tertiary/aromatic N) is 2. The van der Waals surface area contributed by atoms with Crippen molar-refractivity contribution in [2.45, 2.75) is 32.7 Å². The molecule has 1 aliphatic rings. The number of piperidine rings is 1. The lowest BCUT2D eigenvalue weighted by molar-refractivity contribution is 0.0925. The zero-order valence-corrected chi connectivity index (χ0v) is 17.4. The number of rotatable bonds is 3. The first kappa shape index (κ1) is 21.4. The monoisotopic (exact) mass is 411 g/mol. The molecule has 30 heavy (non-hydrogen) atoms. The van der Waals surface area contributed by atoms with Gasteiger partial charge in [-0.15, -0.1) is 0 Å².